The molecule has 0 fully saturated rings. The van der Waals surface area contributed by atoms with Crippen LogP contribution in [0.15, 0.2) is 99.9 Å². The van der Waals surface area contributed by atoms with E-state index in [0.717, 1.165) is 43.4 Å². The van der Waals surface area contributed by atoms with Gasteiger partial charge >= 0.3 is 0 Å². The van der Waals surface area contributed by atoms with Crippen LogP contribution in [0.2, 0.25) is 0 Å². The van der Waals surface area contributed by atoms with Crippen molar-refractivity contribution in [2.24, 2.45) is 5.10 Å². The van der Waals surface area contributed by atoms with Crippen molar-refractivity contribution < 1.29 is 14.3 Å². The summed E-state index contributed by atoms with van der Waals surface area (Å²) in [7, 11) is 0. The molecule has 222 valence electrons. The van der Waals surface area contributed by atoms with Crippen molar-refractivity contribution >= 4 is 61.8 Å². The average molecular weight is 669 g/mol. The number of rotatable bonds is 10. The minimum absolute atomic E-state index is 0.183. The van der Waals surface area contributed by atoms with Crippen LogP contribution in [0.4, 0.5) is 16.5 Å². The molecule has 0 aliphatic rings. The number of hydrogen-bond acceptors (Lipinski definition) is 7. The number of aryl methyl sites for hydroxylation is 3. The molecule has 4 aromatic carbocycles. The molecule has 2 amide bonds. The largest absolute Gasteiger partial charge is 0.483 e. The van der Waals surface area contributed by atoms with Gasteiger partial charge in [0, 0.05) is 37.9 Å². The number of ether oxygens (including phenoxy) is 1. The second kappa shape index (κ2) is 14.1. The van der Waals surface area contributed by atoms with Gasteiger partial charge in [-0.2, -0.15) is 5.10 Å². The van der Waals surface area contributed by atoms with Gasteiger partial charge in [0.25, 0.3) is 11.8 Å². The fourth-order valence-corrected chi connectivity index (χ4v) is 5.31. The standard InChI is InChI=1S/C34H30BrN5O3S/c1-21-5-13-28(14-6-21)37-34-39-30(20-44-34)24-8-10-25(11-9-24)33(42)40-36-18-26-17-27(35)12-15-31(26)43-19-32(41)38-29-16-22(2)4-7-23(29)3/h4-18,20H,19H2,1-3H3,(H,37,39)(H,38,41)(H,40,42)/b36-18+. The minimum atomic E-state index is -0.363. The van der Waals surface area contributed by atoms with Crippen LogP contribution < -0.4 is 20.8 Å². The zero-order chi connectivity index (χ0) is 31.1. The van der Waals surface area contributed by atoms with Crippen molar-refractivity contribution in [3.8, 4) is 17.0 Å². The molecule has 0 spiro atoms. The fourth-order valence-electron chi connectivity index (χ4n) is 4.19. The molecule has 3 N–H and O–H groups in total. The lowest BCUT2D eigenvalue weighted by atomic mass is 10.1. The summed E-state index contributed by atoms with van der Waals surface area (Å²) in [6, 6.07) is 26.5. The number of hydrogen-bond donors (Lipinski definition) is 3. The van der Waals surface area contributed by atoms with Gasteiger partial charge in [-0.3, -0.25) is 9.59 Å². The molecule has 0 bridgehead atoms. The van der Waals surface area contributed by atoms with Crippen molar-refractivity contribution in [3.05, 3.63) is 123 Å². The smallest absolute Gasteiger partial charge is 0.271 e. The summed E-state index contributed by atoms with van der Waals surface area (Å²) in [6.07, 6.45) is 1.48. The Morgan fingerprint density at radius 1 is 0.932 bits per heavy atom. The van der Waals surface area contributed by atoms with E-state index in [1.54, 1.807) is 30.3 Å². The summed E-state index contributed by atoms with van der Waals surface area (Å²) in [6.45, 7) is 5.77. The lowest BCUT2D eigenvalue weighted by Gasteiger charge is -2.12. The predicted octanol–water partition coefficient (Wildman–Crippen LogP) is 8.02. The minimum Gasteiger partial charge on any atom is -0.483 e. The van der Waals surface area contributed by atoms with E-state index in [9.17, 15) is 9.59 Å². The molecule has 0 saturated heterocycles. The van der Waals surface area contributed by atoms with E-state index in [1.165, 1.54) is 23.1 Å². The number of amides is 2. The van der Waals surface area contributed by atoms with Crippen molar-refractivity contribution in [2.45, 2.75) is 20.8 Å². The first kappa shape index (κ1) is 30.7. The SMILES string of the molecule is Cc1ccc(Nc2nc(-c3ccc(C(=O)N/N=C/c4cc(Br)ccc4OCC(=O)Nc4cc(C)ccc4C)cc3)cs2)cc1. The number of halogens is 1. The molecule has 44 heavy (non-hydrogen) atoms. The van der Waals surface area contributed by atoms with Gasteiger partial charge in [0.1, 0.15) is 5.75 Å². The maximum absolute atomic E-state index is 12.8. The summed E-state index contributed by atoms with van der Waals surface area (Å²) < 4.78 is 6.59. The molecule has 1 aromatic heterocycles. The molecular weight excluding hydrogens is 638 g/mol. The topological polar surface area (TPSA) is 105 Å². The number of aromatic nitrogens is 1. The Morgan fingerprint density at radius 3 is 2.45 bits per heavy atom. The van der Waals surface area contributed by atoms with Crippen LogP contribution in [0, 0.1) is 20.8 Å². The molecule has 0 atom stereocenters. The maximum Gasteiger partial charge on any atom is 0.271 e. The van der Waals surface area contributed by atoms with Gasteiger partial charge in [0.15, 0.2) is 11.7 Å². The Balaban J connectivity index is 1.17. The van der Waals surface area contributed by atoms with Gasteiger partial charge in [-0.25, -0.2) is 10.4 Å². The summed E-state index contributed by atoms with van der Waals surface area (Å²) >= 11 is 4.96. The zero-order valence-electron chi connectivity index (χ0n) is 24.4. The number of nitrogens with zero attached hydrogens (tertiary/aromatic N) is 2. The van der Waals surface area contributed by atoms with E-state index in [1.807, 2.05) is 80.7 Å². The number of carbonyl (C=O) groups is 2. The molecule has 5 rings (SSSR count). The Kier molecular flexibility index (Phi) is 9.83. The lowest BCUT2D eigenvalue weighted by molar-refractivity contribution is -0.118. The number of thiazole rings is 1. The van der Waals surface area contributed by atoms with Crippen LogP contribution >= 0.6 is 27.3 Å². The second-order valence-electron chi connectivity index (χ2n) is 10.1. The normalized spacial score (nSPS) is 10.9. The molecule has 0 aliphatic heterocycles. The highest BCUT2D eigenvalue weighted by molar-refractivity contribution is 9.10. The monoisotopic (exact) mass is 667 g/mol. The van der Waals surface area contributed by atoms with Crippen LogP contribution in [0.5, 0.6) is 5.75 Å². The highest BCUT2D eigenvalue weighted by Gasteiger charge is 2.11. The summed E-state index contributed by atoms with van der Waals surface area (Å²) in [5, 5.41) is 13.1. The molecule has 10 heteroatoms. The number of benzene rings is 4. The van der Waals surface area contributed by atoms with Gasteiger partial charge < -0.3 is 15.4 Å². The molecule has 0 unspecified atom stereocenters. The molecule has 0 radical (unpaired) electrons. The third-order valence-corrected chi connectivity index (χ3v) is 7.87. The number of nitrogens with one attached hydrogen (secondary N) is 3. The Morgan fingerprint density at radius 2 is 1.68 bits per heavy atom. The zero-order valence-corrected chi connectivity index (χ0v) is 26.8. The fraction of sp³-hybridized carbons (Fsp3) is 0.118. The first-order chi connectivity index (χ1) is 21.2. The molecule has 5 aromatic rings. The van der Waals surface area contributed by atoms with E-state index in [0.29, 0.717) is 16.9 Å². The van der Waals surface area contributed by atoms with Gasteiger partial charge in [-0.15, -0.1) is 11.3 Å². The van der Waals surface area contributed by atoms with Crippen LogP contribution in [0.25, 0.3) is 11.3 Å². The van der Waals surface area contributed by atoms with E-state index in [-0.39, 0.29) is 18.4 Å². The molecule has 0 aliphatic carbocycles. The summed E-state index contributed by atoms with van der Waals surface area (Å²) in [5.74, 6) is -0.193. The Hall–Kier alpha value is -4.80. The number of hydrazone groups is 1. The highest BCUT2D eigenvalue weighted by atomic mass is 79.9. The summed E-state index contributed by atoms with van der Waals surface area (Å²) in [5.41, 5.74) is 10.3. The maximum atomic E-state index is 12.8. The first-order valence-corrected chi connectivity index (χ1v) is 15.4. The number of carbonyl (C=O) groups excluding carboxylic acids is 2. The molecule has 0 saturated carbocycles. The van der Waals surface area contributed by atoms with Crippen LogP contribution in [0.1, 0.15) is 32.6 Å². The third kappa shape index (κ3) is 8.18. The van der Waals surface area contributed by atoms with E-state index in [4.69, 9.17) is 4.74 Å². The van der Waals surface area contributed by atoms with Crippen LogP contribution in [-0.4, -0.2) is 29.6 Å². The van der Waals surface area contributed by atoms with E-state index < -0.39 is 0 Å². The van der Waals surface area contributed by atoms with Gasteiger partial charge in [0.05, 0.1) is 11.9 Å². The molecule has 8 nitrogen and oxygen atoms in total. The van der Waals surface area contributed by atoms with Crippen molar-refractivity contribution in [1.29, 1.82) is 0 Å². The Labute approximate surface area is 268 Å². The van der Waals surface area contributed by atoms with Crippen molar-refractivity contribution in [3.63, 3.8) is 0 Å². The molecule has 1 heterocycles. The van der Waals surface area contributed by atoms with Crippen molar-refractivity contribution in [1.82, 2.24) is 10.4 Å². The average Bonchev–Trinajstić information content (AvgIpc) is 3.48. The van der Waals surface area contributed by atoms with Crippen LogP contribution in [-0.2, 0) is 4.79 Å². The van der Waals surface area contributed by atoms with Gasteiger partial charge in [0.2, 0.25) is 0 Å². The Bertz CT molecular complexity index is 1820. The van der Waals surface area contributed by atoms with Crippen molar-refractivity contribution in [2.75, 3.05) is 17.2 Å². The molecular formula is C34H30BrN5O3S. The van der Waals surface area contributed by atoms with Gasteiger partial charge in [-0.05, 0) is 80.4 Å². The van der Waals surface area contributed by atoms with Gasteiger partial charge in [-0.1, -0.05) is 57.9 Å². The second-order valence-corrected chi connectivity index (χ2v) is 11.9. The van der Waals surface area contributed by atoms with Crippen LogP contribution in [0.3, 0.4) is 0 Å². The first-order valence-electron chi connectivity index (χ1n) is 13.8. The lowest BCUT2D eigenvalue weighted by Crippen LogP contribution is -2.21. The van der Waals surface area contributed by atoms with E-state index >= 15 is 0 Å². The third-order valence-electron chi connectivity index (χ3n) is 6.62. The quantitative estimate of drug-likeness (QED) is 0.103. The van der Waals surface area contributed by atoms with E-state index in [2.05, 4.69) is 42.1 Å². The summed E-state index contributed by atoms with van der Waals surface area (Å²) in [4.78, 5) is 30.0. The number of anilines is 3. The predicted molar refractivity (Wildman–Crippen MR) is 181 cm³/mol. The highest BCUT2D eigenvalue weighted by Crippen LogP contribution is 2.28.